The Morgan fingerprint density at radius 1 is 1.15 bits per heavy atom. The molecule has 1 aliphatic heterocycles. The van der Waals surface area contributed by atoms with E-state index in [0.717, 1.165) is 18.2 Å². The zero-order valence-corrected chi connectivity index (χ0v) is 18.6. The molecule has 12 nitrogen and oxygen atoms in total. The van der Waals surface area contributed by atoms with Crippen LogP contribution in [0.25, 0.3) is 0 Å². The second-order valence-corrected chi connectivity index (χ2v) is 11.1. The van der Waals surface area contributed by atoms with E-state index in [9.17, 15) is 36.5 Å². The standard InChI is InChI=1S/C19H19N3O9S2/c23-18(20-13-8-9-32(27,28)12-13)11-31-19(24)16-6-1-2-7-17(16)21-33(29,30)15-5-3-4-14(10-15)22(25)26/h1-7,10,13,21H,8-9,11-12H2,(H,20,23)/t13-/m0/s1. The van der Waals surface area contributed by atoms with Crippen LogP contribution in [0.2, 0.25) is 0 Å². The predicted molar refractivity (Wildman–Crippen MR) is 116 cm³/mol. The van der Waals surface area contributed by atoms with Crippen LogP contribution in [-0.4, -0.2) is 57.8 Å². The molecule has 1 amide bonds. The maximum atomic E-state index is 12.7. The van der Waals surface area contributed by atoms with Gasteiger partial charge in [-0.2, -0.15) is 0 Å². The lowest BCUT2D eigenvalue weighted by Gasteiger charge is -2.13. The highest BCUT2D eigenvalue weighted by molar-refractivity contribution is 7.92. The minimum Gasteiger partial charge on any atom is -0.452 e. The summed E-state index contributed by atoms with van der Waals surface area (Å²) >= 11 is 0. The van der Waals surface area contributed by atoms with Crippen LogP contribution in [-0.2, 0) is 29.4 Å². The smallest absolute Gasteiger partial charge is 0.340 e. The molecule has 0 spiro atoms. The van der Waals surface area contributed by atoms with Crippen molar-refractivity contribution in [2.75, 3.05) is 22.8 Å². The molecule has 2 aromatic carbocycles. The number of ether oxygens (including phenoxy) is 1. The molecule has 1 heterocycles. The van der Waals surface area contributed by atoms with E-state index < -0.39 is 55.0 Å². The van der Waals surface area contributed by atoms with Gasteiger partial charge in [-0.05, 0) is 24.6 Å². The van der Waals surface area contributed by atoms with Crippen LogP contribution in [0.3, 0.4) is 0 Å². The number of amides is 1. The number of non-ortho nitro benzene ring substituents is 1. The van der Waals surface area contributed by atoms with Crippen LogP contribution in [0.1, 0.15) is 16.8 Å². The van der Waals surface area contributed by atoms with Crippen molar-refractivity contribution in [2.24, 2.45) is 0 Å². The number of nitro benzene ring substituents is 1. The van der Waals surface area contributed by atoms with Crippen LogP contribution in [0.5, 0.6) is 0 Å². The fourth-order valence-electron chi connectivity index (χ4n) is 3.11. The first kappa shape index (κ1) is 24.1. The minimum absolute atomic E-state index is 0.0319. The van der Waals surface area contributed by atoms with Gasteiger partial charge in [-0.1, -0.05) is 18.2 Å². The van der Waals surface area contributed by atoms with Crippen LogP contribution >= 0.6 is 0 Å². The summed E-state index contributed by atoms with van der Waals surface area (Å²) in [4.78, 5) is 34.2. The molecule has 0 aromatic heterocycles. The van der Waals surface area contributed by atoms with Gasteiger partial charge in [0, 0.05) is 18.2 Å². The van der Waals surface area contributed by atoms with E-state index in [-0.39, 0.29) is 34.1 Å². The number of sulfonamides is 1. The van der Waals surface area contributed by atoms with Crippen molar-refractivity contribution in [1.29, 1.82) is 0 Å². The number of hydrogen-bond acceptors (Lipinski definition) is 9. The van der Waals surface area contributed by atoms with Gasteiger partial charge < -0.3 is 10.1 Å². The molecule has 2 N–H and O–H groups in total. The number of nitrogens with one attached hydrogen (secondary N) is 2. The molecule has 2 aromatic rings. The first-order valence-electron chi connectivity index (χ1n) is 9.50. The Hall–Kier alpha value is -3.52. The lowest BCUT2D eigenvalue weighted by molar-refractivity contribution is -0.385. The second kappa shape index (κ2) is 9.54. The average molecular weight is 498 g/mol. The Labute approximate surface area is 189 Å². The molecule has 1 atom stereocenters. The van der Waals surface area contributed by atoms with E-state index >= 15 is 0 Å². The first-order chi connectivity index (χ1) is 15.5. The van der Waals surface area contributed by atoms with Crippen LogP contribution in [0.15, 0.2) is 53.4 Å². The Bertz CT molecular complexity index is 1310. The number of carbonyl (C=O) groups is 2. The van der Waals surface area contributed by atoms with Gasteiger partial charge in [0.15, 0.2) is 16.4 Å². The number of anilines is 1. The molecule has 1 aliphatic rings. The number of nitrogens with zero attached hydrogens (tertiary/aromatic N) is 1. The van der Waals surface area contributed by atoms with Crippen molar-refractivity contribution in [3.05, 3.63) is 64.2 Å². The maximum Gasteiger partial charge on any atom is 0.340 e. The van der Waals surface area contributed by atoms with Crippen molar-refractivity contribution in [2.45, 2.75) is 17.4 Å². The topological polar surface area (TPSA) is 179 Å². The number of nitro groups is 1. The van der Waals surface area contributed by atoms with Crippen molar-refractivity contribution >= 4 is 43.1 Å². The largest absolute Gasteiger partial charge is 0.452 e. The quantitative estimate of drug-likeness (QED) is 0.304. The molecule has 0 radical (unpaired) electrons. The van der Waals surface area contributed by atoms with Gasteiger partial charge in [0.2, 0.25) is 0 Å². The summed E-state index contributed by atoms with van der Waals surface area (Å²) in [6, 6.07) is 9.28. The Kier molecular flexibility index (Phi) is 6.98. The van der Waals surface area contributed by atoms with Crippen LogP contribution in [0, 0.1) is 10.1 Å². The summed E-state index contributed by atoms with van der Waals surface area (Å²) < 4.78 is 55.4. The summed E-state index contributed by atoms with van der Waals surface area (Å²) in [5, 5.41) is 13.4. The molecule has 176 valence electrons. The number of esters is 1. The molecule has 3 rings (SSSR count). The number of benzene rings is 2. The summed E-state index contributed by atoms with van der Waals surface area (Å²) in [5.41, 5.74) is -0.773. The van der Waals surface area contributed by atoms with Gasteiger partial charge in [-0.3, -0.25) is 19.6 Å². The fraction of sp³-hybridized carbons (Fsp3) is 0.263. The van der Waals surface area contributed by atoms with E-state index in [1.165, 1.54) is 30.3 Å². The highest BCUT2D eigenvalue weighted by Gasteiger charge is 2.29. The van der Waals surface area contributed by atoms with Crippen molar-refractivity contribution in [1.82, 2.24) is 5.32 Å². The molecule has 1 saturated heterocycles. The lowest BCUT2D eigenvalue weighted by Crippen LogP contribution is -2.38. The van der Waals surface area contributed by atoms with Gasteiger partial charge in [0.05, 0.1) is 32.6 Å². The number of hydrogen-bond donors (Lipinski definition) is 2. The molecular formula is C19H19N3O9S2. The first-order valence-corrected chi connectivity index (χ1v) is 12.8. The predicted octanol–water partition coefficient (Wildman–Crippen LogP) is 0.856. The minimum atomic E-state index is -4.28. The number of sulfone groups is 1. The normalized spacial score (nSPS) is 17.2. The number of carbonyl (C=O) groups excluding carboxylic acids is 2. The monoisotopic (exact) mass is 497 g/mol. The van der Waals surface area contributed by atoms with E-state index in [4.69, 9.17) is 4.74 Å². The molecule has 0 bridgehead atoms. The highest BCUT2D eigenvalue weighted by Crippen LogP contribution is 2.23. The third kappa shape index (κ3) is 6.26. The van der Waals surface area contributed by atoms with Crippen molar-refractivity contribution in [3.8, 4) is 0 Å². The van der Waals surface area contributed by atoms with Crippen LogP contribution < -0.4 is 10.0 Å². The van der Waals surface area contributed by atoms with Crippen LogP contribution in [0.4, 0.5) is 11.4 Å². The zero-order chi connectivity index (χ0) is 24.2. The van der Waals surface area contributed by atoms with Gasteiger partial charge in [-0.25, -0.2) is 21.6 Å². The third-order valence-corrected chi connectivity index (χ3v) is 7.79. The van der Waals surface area contributed by atoms with Gasteiger partial charge in [0.1, 0.15) is 0 Å². The molecule has 0 saturated carbocycles. The van der Waals surface area contributed by atoms with E-state index in [2.05, 4.69) is 10.0 Å². The Morgan fingerprint density at radius 2 is 1.88 bits per heavy atom. The molecule has 0 aliphatic carbocycles. The van der Waals surface area contributed by atoms with Crippen molar-refractivity contribution in [3.63, 3.8) is 0 Å². The molecule has 33 heavy (non-hydrogen) atoms. The van der Waals surface area contributed by atoms with E-state index in [1.54, 1.807) is 0 Å². The summed E-state index contributed by atoms with van der Waals surface area (Å²) in [6.45, 7) is -0.693. The third-order valence-electron chi connectivity index (χ3n) is 4.66. The Balaban J connectivity index is 1.68. The van der Waals surface area contributed by atoms with Crippen molar-refractivity contribution < 1.29 is 36.1 Å². The Morgan fingerprint density at radius 3 is 2.55 bits per heavy atom. The summed E-state index contributed by atoms with van der Waals surface area (Å²) in [5.74, 6) is -1.91. The SMILES string of the molecule is O=C(COC(=O)c1ccccc1NS(=O)(=O)c1cccc([N+](=O)[O-])c1)N[C@H]1CCS(=O)(=O)C1. The number of rotatable bonds is 8. The molecule has 0 unspecified atom stereocenters. The van der Waals surface area contributed by atoms with Gasteiger partial charge in [-0.15, -0.1) is 0 Å². The molecular weight excluding hydrogens is 478 g/mol. The fourth-order valence-corrected chi connectivity index (χ4v) is 5.90. The van der Waals surface area contributed by atoms with E-state index in [0.29, 0.717) is 0 Å². The lowest BCUT2D eigenvalue weighted by atomic mass is 10.2. The van der Waals surface area contributed by atoms with E-state index in [1.807, 2.05) is 0 Å². The maximum absolute atomic E-state index is 12.7. The number of para-hydroxylation sites is 1. The van der Waals surface area contributed by atoms with Gasteiger partial charge in [0.25, 0.3) is 21.6 Å². The summed E-state index contributed by atoms with van der Waals surface area (Å²) in [7, 11) is -7.48. The average Bonchev–Trinajstić information content (AvgIpc) is 3.10. The second-order valence-electron chi connectivity index (χ2n) is 7.15. The van der Waals surface area contributed by atoms with Gasteiger partial charge >= 0.3 is 5.97 Å². The molecule has 1 fully saturated rings. The zero-order valence-electron chi connectivity index (χ0n) is 17.0. The molecule has 14 heteroatoms. The summed E-state index contributed by atoms with van der Waals surface area (Å²) in [6.07, 6.45) is 0.268. The highest BCUT2D eigenvalue weighted by atomic mass is 32.2.